The molecule has 2 heterocycles. The zero-order valence-electron chi connectivity index (χ0n) is 8.81. The van der Waals surface area contributed by atoms with Gasteiger partial charge in [0.2, 0.25) is 0 Å². The van der Waals surface area contributed by atoms with Crippen molar-refractivity contribution in [1.82, 2.24) is 3.97 Å². The van der Waals surface area contributed by atoms with E-state index >= 15 is 0 Å². The van der Waals surface area contributed by atoms with E-state index in [9.17, 15) is 13.4 Å². The smallest absolute Gasteiger partial charge is 0.273 e. The first-order valence-corrected chi connectivity index (χ1v) is 6.87. The summed E-state index contributed by atoms with van der Waals surface area (Å²) in [6, 6.07) is 6.07. The van der Waals surface area contributed by atoms with Crippen LogP contribution in [0.3, 0.4) is 0 Å². The van der Waals surface area contributed by atoms with Crippen molar-refractivity contribution in [3.63, 3.8) is 0 Å². The number of carbonyl (C=O) groups excluding carboxylic acids is 1. The molecular formula is C11H6BrFN2O2S. The largest absolute Gasteiger partial charge is 0.319 e. The van der Waals surface area contributed by atoms with Gasteiger partial charge in [0.25, 0.3) is 5.91 Å². The van der Waals surface area contributed by atoms with E-state index in [1.54, 1.807) is 18.2 Å². The standard InChI is InChI=1S/C11H6BrFN2O2S/c12-6-1-2-10-8(3-6)14-11(16)9-4-7(13)5-15(9)18(10)17/h1-5H,(H,14,16). The van der Waals surface area contributed by atoms with Crippen molar-refractivity contribution in [2.75, 3.05) is 5.32 Å². The summed E-state index contributed by atoms with van der Waals surface area (Å²) >= 11 is 3.28. The number of nitrogens with one attached hydrogen (secondary N) is 1. The Hall–Kier alpha value is -1.47. The van der Waals surface area contributed by atoms with Gasteiger partial charge in [-0.3, -0.25) is 8.77 Å². The fourth-order valence-electron chi connectivity index (χ4n) is 1.76. The van der Waals surface area contributed by atoms with Crippen LogP contribution < -0.4 is 5.32 Å². The average Bonchev–Trinajstić information content (AvgIpc) is 2.67. The number of benzene rings is 1. The van der Waals surface area contributed by atoms with Crippen LogP contribution in [0.15, 0.2) is 39.8 Å². The van der Waals surface area contributed by atoms with Crippen molar-refractivity contribution in [2.45, 2.75) is 4.90 Å². The number of amides is 1. The van der Waals surface area contributed by atoms with E-state index in [4.69, 9.17) is 0 Å². The Labute approximate surface area is 113 Å². The summed E-state index contributed by atoms with van der Waals surface area (Å²) in [5.74, 6) is -1.07. The lowest BCUT2D eigenvalue weighted by atomic mass is 10.3. The number of rotatable bonds is 0. The van der Waals surface area contributed by atoms with Gasteiger partial charge < -0.3 is 5.32 Å². The predicted octanol–water partition coefficient (Wildman–Crippen LogP) is 2.53. The minimum Gasteiger partial charge on any atom is -0.319 e. The Morgan fingerprint density at radius 3 is 2.89 bits per heavy atom. The topological polar surface area (TPSA) is 51.1 Å². The number of hydrogen-bond donors (Lipinski definition) is 1. The van der Waals surface area contributed by atoms with Gasteiger partial charge >= 0.3 is 0 Å². The van der Waals surface area contributed by atoms with Gasteiger partial charge in [-0.2, -0.15) is 0 Å². The Balaban J connectivity index is 2.27. The molecule has 0 fully saturated rings. The summed E-state index contributed by atoms with van der Waals surface area (Å²) < 4.78 is 27.4. The number of halogens is 2. The molecule has 1 unspecified atom stereocenters. The summed E-state index contributed by atoms with van der Waals surface area (Å²) in [6.45, 7) is 0. The Bertz CT molecular complexity index is 698. The van der Waals surface area contributed by atoms with E-state index in [2.05, 4.69) is 21.2 Å². The highest BCUT2D eigenvalue weighted by atomic mass is 79.9. The zero-order valence-corrected chi connectivity index (χ0v) is 11.2. The predicted molar refractivity (Wildman–Crippen MR) is 68.3 cm³/mol. The molecule has 18 heavy (non-hydrogen) atoms. The second-order valence-corrected chi connectivity index (χ2v) is 5.96. The molecule has 3 rings (SSSR count). The maximum atomic E-state index is 13.2. The van der Waals surface area contributed by atoms with E-state index in [1.165, 1.54) is 0 Å². The summed E-state index contributed by atoms with van der Waals surface area (Å²) in [5.41, 5.74) is 0.495. The fourth-order valence-corrected chi connectivity index (χ4v) is 3.33. The lowest BCUT2D eigenvalue weighted by molar-refractivity contribution is 0.102. The van der Waals surface area contributed by atoms with Crippen LogP contribution in [-0.4, -0.2) is 14.1 Å². The highest BCUT2D eigenvalue weighted by Crippen LogP contribution is 2.29. The second-order valence-electron chi connectivity index (χ2n) is 3.71. The molecular weight excluding hydrogens is 323 g/mol. The monoisotopic (exact) mass is 328 g/mol. The minimum atomic E-state index is -1.64. The number of nitrogens with zero attached hydrogens (tertiary/aromatic N) is 1. The van der Waals surface area contributed by atoms with Crippen molar-refractivity contribution in [3.05, 3.63) is 46.4 Å². The molecule has 1 aliphatic rings. The molecule has 2 aromatic rings. The van der Waals surface area contributed by atoms with Gasteiger partial charge in [0.15, 0.2) is 11.0 Å². The van der Waals surface area contributed by atoms with Crippen LogP contribution in [0.2, 0.25) is 0 Å². The number of fused-ring (bicyclic) bond motifs is 2. The first-order valence-electron chi connectivity index (χ1n) is 4.97. The molecule has 0 saturated carbocycles. The second kappa shape index (κ2) is 4.03. The fraction of sp³-hybridized carbons (Fsp3) is 0. The number of carbonyl (C=O) groups is 1. The summed E-state index contributed by atoms with van der Waals surface area (Å²) in [7, 11) is -1.64. The van der Waals surface area contributed by atoms with Crippen molar-refractivity contribution in [3.8, 4) is 0 Å². The minimum absolute atomic E-state index is 0.0400. The third kappa shape index (κ3) is 1.70. The summed E-state index contributed by atoms with van der Waals surface area (Å²) in [6.07, 6.45) is 1.06. The maximum absolute atomic E-state index is 13.2. The molecule has 92 valence electrons. The summed E-state index contributed by atoms with van der Waals surface area (Å²) in [4.78, 5) is 12.3. The van der Waals surface area contributed by atoms with Crippen LogP contribution >= 0.6 is 15.9 Å². The molecule has 1 amide bonds. The molecule has 0 bridgehead atoms. The highest BCUT2D eigenvalue weighted by Gasteiger charge is 2.25. The molecule has 1 aromatic carbocycles. The van der Waals surface area contributed by atoms with Gasteiger partial charge in [0.05, 0.1) is 16.8 Å². The molecule has 0 spiro atoms. The van der Waals surface area contributed by atoms with Crippen molar-refractivity contribution >= 4 is 38.5 Å². The lowest BCUT2D eigenvalue weighted by Gasteiger charge is -2.06. The third-order valence-electron chi connectivity index (χ3n) is 2.54. The SMILES string of the molecule is O=C1Nc2cc(Br)ccc2S(=O)n2cc(F)cc21. The molecule has 1 aliphatic heterocycles. The Kier molecular flexibility index (Phi) is 2.60. The van der Waals surface area contributed by atoms with Gasteiger partial charge in [-0.1, -0.05) is 15.9 Å². The van der Waals surface area contributed by atoms with Crippen molar-refractivity contribution in [2.24, 2.45) is 0 Å². The van der Waals surface area contributed by atoms with Crippen LogP contribution in [0.1, 0.15) is 10.5 Å². The molecule has 4 nitrogen and oxygen atoms in total. The highest BCUT2D eigenvalue weighted by molar-refractivity contribution is 9.10. The van der Waals surface area contributed by atoms with Crippen LogP contribution in [0.25, 0.3) is 0 Å². The first-order chi connectivity index (χ1) is 8.56. The van der Waals surface area contributed by atoms with E-state index in [1.807, 2.05) is 0 Å². The van der Waals surface area contributed by atoms with Gasteiger partial charge in [0, 0.05) is 10.5 Å². The average molecular weight is 329 g/mol. The number of hydrogen-bond acceptors (Lipinski definition) is 2. The summed E-state index contributed by atoms with van der Waals surface area (Å²) in [5, 5.41) is 2.61. The van der Waals surface area contributed by atoms with E-state index in [-0.39, 0.29) is 5.69 Å². The lowest BCUT2D eigenvalue weighted by Crippen LogP contribution is -2.13. The third-order valence-corrected chi connectivity index (χ3v) is 4.43. The zero-order chi connectivity index (χ0) is 12.9. The number of anilines is 1. The van der Waals surface area contributed by atoms with Gasteiger partial charge in [-0.25, -0.2) is 8.60 Å². The van der Waals surface area contributed by atoms with Crippen LogP contribution in [0.5, 0.6) is 0 Å². The van der Waals surface area contributed by atoms with Crippen molar-refractivity contribution in [1.29, 1.82) is 0 Å². The quantitative estimate of drug-likeness (QED) is 0.807. The van der Waals surface area contributed by atoms with Crippen LogP contribution in [0, 0.1) is 5.82 Å². The van der Waals surface area contributed by atoms with Crippen LogP contribution in [-0.2, 0) is 11.0 Å². The molecule has 1 aromatic heterocycles. The molecule has 1 N–H and O–H groups in total. The van der Waals surface area contributed by atoms with Gasteiger partial charge in [0.1, 0.15) is 11.5 Å². The van der Waals surface area contributed by atoms with Gasteiger partial charge in [-0.05, 0) is 18.2 Å². The molecule has 0 saturated heterocycles. The van der Waals surface area contributed by atoms with E-state index < -0.39 is 22.7 Å². The van der Waals surface area contributed by atoms with Crippen molar-refractivity contribution < 1.29 is 13.4 Å². The van der Waals surface area contributed by atoms with Crippen LogP contribution in [0.4, 0.5) is 10.1 Å². The van der Waals surface area contributed by atoms with E-state index in [0.29, 0.717) is 10.6 Å². The number of aromatic nitrogens is 1. The molecule has 0 radical (unpaired) electrons. The Morgan fingerprint density at radius 1 is 1.33 bits per heavy atom. The van der Waals surface area contributed by atoms with E-state index in [0.717, 1.165) is 20.7 Å². The molecule has 1 atom stereocenters. The normalized spacial score (nSPS) is 17.7. The first kappa shape index (κ1) is 11.6. The van der Waals surface area contributed by atoms with Gasteiger partial charge in [-0.15, -0.1) is 0 Å². The Morgan fingerprint density at radius 2 is 2.11 bits per heavy atom. The maximum Gasteiger partial charge on any atom is 0.273 e. The molecule has 0 aliphatic carbocycles. The molecule has 7 heteroatoms.